The van der Waals surface area contributed by atoms with Crippen LogP contribution in [0.3, 0.4) is 0 Å². The van der Waals surface area contributed by atoms with Crippen LogP contribution in [0.25, 0.3) is 0 Å². The van der Waals surface area contributed by atoms with Gasteiger partial charge < -0.3 is 20.1 Å². The fraction of sp³-hybridized carbons (Fsp3) is 0.851. The molecule has 0 radical (unpaired) electrons. The normalized spacial score (nSPS) is 13.2. The van der Waals surface area contributed by atoms with Crippen LogP contribution < -0.4 is 5.73 Å². The minimum absolute atomic E-state index is 0.0546. The van der Waals surface area contributed by atoms with Gasteiger partial charge in [0.05, 0.1) is 13.2 Å². The van der Waals surface area contributed by atoms with Gasteiger partial charge in [0, 0.05) is 19.4 Å². The molecule has 10 heteroatoms. The van der Waals surface area contributed by atoms with Gasteiger partial charge in [-0.3, -0.25) is 18.6 Å². The smallest absolute Gasteiger partial charge is 0.462 e. The lowest BCUT2D eigenvalue weighted by molar-refractivity contribution is -0.161. The third-order valence-corrected chi connectivity index (χ3v) is 15.7. The first-order valence-corrected chi connectivity index (χ1v) is 34.6. The predicted octanol–water partition coefficient (Wildman–Crippen LogP) is 21.3. The van der Waals surface area contributed by atoms with E-state index in [4.69, 9.17) is 24.3 Å². The van der Waals surface area contributed by atoms with E-state index in [0.717, 1.165) is 44.9 Å². The number of hydrogen-bond acceptors (Lipinski definition) is 8. The maximum Gasteiger partial charge on any atom is 0.472 e. The summed E-state index contributed by atoms with van der Waals surface area (Å²) < 4.78 is 33.1. The quantitative estimate of drug-likeness (QED) is 0.0264. The molecule has 452 valence electrons. The van der Waals surface area contributed by atoms with Gasteiger partial charge in [-0.15, -0.1) is 0 Å². The number of rotatable bonds is 63. The summed E-state index contributed by atoms with van der Waals surface area (Å²) in [5, 5.41) is 0. The van der Waals surface area contributed by atoms with Gasteiger partial charge in [-0.2, -0.15) is 0 Å². The maximum atomic E-state index is 12.7. The Morgan fingerprint density at radius 3 is 1.01 bits per heavy atom. The summed E-state index contributed by atoms with van der Waals surface area (Å²) in [6.45, 7) is 3.78. The number of esters is 2. The van der Waals surface area contributed by atoms with Crippen LogP contribution in [-0.4, -0.2) is 49.3 Å². The van der Waals surface area contributed by atoms with Gasteiger partial charge >= 0.3 is 19.8 Å². The van der Waals surface area contributed by atoms with Gasteiger partial charge in [0.1, 0.15) is 6.61 Å². The highest BCUT2D eigenvalue weighted by Gasteiger charge is 2.26. The molecule has 0 fully saturated rings. The number of carbonyl (C=O) groups excluding carboxylic acids is 2. The van der Waals surface area contributed by atoms with Crippen molar-refractivity contribution in [2.75, 3.05) is 26.4 Å². The lowest BCUT2D eigenvalue weighted by Crippen LogP contribution is -2.29. The second-order valence-electron chi connectivity index (χ2n) is 22.3. The first-order valence-electron chi connectivity index (χ1n) is 33.1. The minimum Gasteiger partial charge on any atom is -0.462 e. The molecule has 0 bridgehead atoms. The fourth-order valence-electron chi connectivity index (χ4n) is 9.76. The van der Waals surface area contributed by atoms with Crippen molar-refractivity contribution in [2.45, 2.75) is 341 Å². The molecular formula is C67H126NO8P. The van der Waals surface area contributed by atoms with Crippen LogP contribution in [-0.2, 0) is 32.7 Å². The summed E-state index contributed by atoms with van der Waals surface area (Å²) in [7, 11) is -4.39. The summed E-state index contributed by atoms with van der Waals surface area (Å²) in [5.41, 5.74) is 5.39. The molecule has 0 aliphatic heterocycles. The molecule has 0 aliphatic rings. The Hall–Kier alpha value is -2.03. The highest BCUT2D eigenvalue weighted by molar-refractivity contribution is 7.47. The number of hydrogen-bond donors (Lipinski definition) is 2. The van der Waals surface area contributed by atoms with Crippen LogP contribution in [0.1, 0.15) is 335 Å². The molecular weight excluding hydrogens is 978 g/mol. The highest BCUT2D eigenvalue weighted by atomic mass is 31.2. The molecule has 0 aliphatic carbocycles. The summed E-state index contributed by atoms with van der Waals surface area (Å²) in [4.78, 5) is 35.3. The van der Waals surface area contributed by atoms with E-state index in [1.807, 2.05) is 0 Å². The minimum atomic E-state index is -4.39. The zero-order valence-electron chi connectivity index (χ0n) is 50.7. The molecule has 3 N–H and O–H groups in total. The number of carbonyl (C=O) groups is 2. The molecule has 0 heterocycles. The van der Waals surface area contributed by atoms with E-state index in [-0.39, 0.29) is 38.6 Å². The van der Waals surface area contributed by atoms with Gasteiger partial charge in [-0.05, 0) is 77.0 Å². The van der Waals surface area contributed by atoms with E-state index in [0.29, 0.717) is 6.42 Å². The van der Waals surface area contributed by atoms with Gasteiger partial charge in [-0.25, -0.2) is 4.57 Å². The van der Waals surface area contributed by atoms with Crippen molar-refractivity contribution in [2.24, 2.45) is 5.73 Å². The molecule has 0 spiro atoms. The van der Waals surface area contributed by atoms with Crippen molar-refractivity contribution >= 4 is 19.8 Å². The lowest BCUT2D eigenvalue weighted by atomic mass is 10.0. The van der Waals surface area contributed by atoms with Crippen molar-refractivity contribution < 1.29 is 37.6 Å². The zero-order valence-corrected chi connectivity index (χ0v) is 51.6. The summed E-state index contributed by atoms with van der Waals surface area (Å²) in [6.07, 6.45) is 79.1. The average Bonchev–Trinajstić information content (AvgIpc) is 3.42. The van der Waals surface area contributed by atoms with Gasteiger partial charge in [0.25, 0.3) is 0 Å². The van der Waals surface area contributed by atoms with Crippen LogP contribution in [0.5, 0.6) is 0 Å². The third kappa shape index (κ3) is 63.0. The van der Waals surface area contributed by atoms with Crippen LogP contribution in [0, 0.1) is 0 Å². The Morgan fingerprint density at radius 2 is 0.675 bits per heavy atom. The Labute approximate surface area is 477 Å². The van der Waals surface area contributed by atoms with E-state index < -0.39 is 26.5 Å². The molecule has 2 unspecified atom stereocenters. The highest BCUT2D eigenvalue weighted by Crippen LogP contribution is 2.43. The molecule has 0 aromatic rings. The molecule has 0 saturated carbocycles. The SMILES string of the molecule is CCCCCCC/C=C\C/C=C\C/C=C\CCCCCCCCCCCCCCCCCCCCCCCCC(=O)OC(COC(=O)CCCCCCCCCCC/C=C\CCCCCCCC)COP(=O)(O)OCCN. The van der Waals surface area contributed by atoms with Gasteiger partial charge in [0.15, 0.2) is 6.10 Å². The van der Waals surface area contributed by atoms with E-state index in [1.165, 1.54) is 257 Å². The van der Waals surface area contributed by atoms with Gasteiger partial charge in [-0.1, -0.05) is 294 Å². The van der Waals surface area contributed by atoms with Crippen LogP contribution in [0.4, 0.5) is 0 Å². The second-order valence-corrected chi connectivity index (χ2v) is 23.8. The largest absolute Gasteiger partial charge is 0.472 e. The van der Waals surface area contributed by atoms with Crippen LogP contribution >= 0.6 is 7.82 Å². The monoisotopic (exact) mass is 1100 g/mol. The zero-order chi connectivity index (χ0) is 55.9. The van der Waals surface area contributed by atoms with E-state index in [2.05, 4.69) is 62.5 Å². The number of unbranched alkanes of at least 4 members (excludes halogenated alkanes) is 42. The summed E-state index contributed by atoms with van der Waals surface area (Å²) in [5.74, 6) is -0.814. The molecule has 0 aromatic heterocycles. The first kappa shape index (κ1) is 75.0. The number of ether oxygens (including phenoxy) is 2. The lowest BCUT2D eigenvalue weighted by Gasteiger charge is -2.19. The molecule has 0 aromatic carbocycles. The maximum absolute atomic E-state index is 12.7. The van der Waals surface area contributed by atoms with E-state index in [1.54, 1.807) is 0 Å². The Bertz CT molecular complexity index is 1400. The summed E-state index contributed by atoms with van der Waals surface area (Å²) >= 11 is 0. The third-order valence-electron chi connectivity index (χ3n) is 14.7. The van der Waals surface area contributed by atoms with Crippen molar-refractivity contribution in [1.29, 1.82) is 0 Å². The standard InChI is InChI=1S/C67H126NO8P/c1-3-5-7-9-11-13-15-17-19-21-23-24-25-26-27-28-29-30-31-32-33-34-35-36-37-38-39-40-42-44-46-48-50-52-54-56-58-60-67(70)76-65(64-75-77(71,72)74-62-61-68)63-73-66(69)59-57-55-53-51-49-47-45-43-41-22-20-18-16-14-12-10-8-6-4-2/h15,17-18,20-21,23,25-26,65H,3-14,16,19,22,24,27-64,68H2,1-2H3,(H,71,72)/b17-15-,20-18-,23-21-,26-25-. The molecule has 2 atom stereocenters. The van der Waals surface area contributed by atoms with E-state index in [9.17, 15) is 19.0 Å². The van der Waals surface area contributed by atoms with Crippen molar-refractivity contribution in [1.82, 2.24) is 0 Å². The Balaban J connectivity index is 3.81. The molecule has 77 heavy (non-hydrogen) atoms. The Kier molecular flexibility index (Phi) is 61.5. The number of phosphoric acid groups is 1. The van der Waals surface area contributed by atoms with Crippen LogP contribution in [0.15, 0.2) is 48.6 Å². The molecule has 0 amide bonds. The second kappa shape index (κ2) is 63.2. The molecule has 0 rings (SSSR count). The topological polar surface area (TPSA) is 134 Å². The van der Waals surface area contributed by atoms with E-state index >= 15 is 0 Å². The number of nitrogens with two attached hydrogens (primary N) is 1. The predicted molar refractivity (Wildman–Crippen MR) is 330 cm³/mol. The molecule has 0 saturated heterocycles. The molecule has 9 nitrogen and oxygen atoms in total. The van der Waals surface area contributed by atoms with Crippen molar-refractivity contribution in [3.8, 4) is 0 Å². The van der Waals surface area contributed by atoms with Crippen molar-refractivity contribution in [3.63, 3.8) is 0 Å². The van der Waals surface area contributed by atoms with Crippen molar-refractivity contribution in [3.05, 3.63) is 48.6 Å². The van der Waals surface area contributed by atoms with Gasteiger partial charge in [0.2, 0.25) is 0 Å². The fourth-order valence-corrected chi connectivity index (χ4v) is 10.5. The first-order chi connectivity index (χ1) is 37.8. The summed E-state index contributed by atoms with van der Waals surface area (Å²) in [6, 6.07) is 0. The average molecular weight is 1100 g/mol. The van der Waals surface area contributed by atoms with Crippen LogP contribution in [0.2, 0.25) is 0 Å². The Morgan fingerprint density at radius 1 is 0.390 bits per heavy atom. The number of phosphoric ester groups is 1. The number of allylic oxidation sites excluding steroid dienone is 8.